The fraction of sp³-hybridized carbons (Fsp3) is 0.273. The van der Waals surface area contributed by atoms with Crippen LogP contribution in [0.1, 0.15) is 24.3 Å². The summed E-state index contributed by atoms with van der Waals surface area (Å²) in [6.07, 6.45) is -3.91. The second kappa shape index (κ2) is 8.45. The maximum atomic E-state index is 13.0. The number of carbonyl (C=O) groups excluding carboxylic acids is 2. The number of Topliss-reactive ketones (excluding diaryl/α,β-unsaturated/α-hetero) is 1. The van der Waals surface area contributed by atoms with Crippen molar-refractivity contribution in [3.8, 4) is 11.4 Å². The van der Waals surface area contributed by atoms with Crippen LogP contribution in [-0.4, -0.2) is 34.9 Å². The fourth-order valence-corrected chi connectivity index (χ4v) is 3.76. The van der Waals surface area contributed by atoms with Crippen molar-refractivity contribution in [2.24, 2.45) is 0 Å². The number of carbonyl (C=O) groups is 2. The Bertz CT molecular complexity index is 1140. The first-order valence-electron chi connectivity index (χ1n) is 9.89. The van der Waals surface area contributed by atoms with Crippen LogP contribution in [0.3, 0.4) is 0 Å². The third-order valence-electron chi connectivity index (χ3n) is 5.31. The van der Waals surface area contributed by atoms with Gasteiger partial charge in [-0.05, 0) is 42.3 Å². The summed E-state index contributed by atoms with van der Waals surface area (Å²) in [4.78, 5) is 30.4. The van der Waals surface area contributed by atoms with Gasteiger partial charge < -0.3 is 14.7 Å². The lowest BCUT2D eigenvalue weighted by atomic mass is 10.00. The van der Waals surface area contributed by atoms with Gasteiger partial charge in [0.15, 0.2) is 5.78 Å². The molecular weight excluding hydrogens is 425 g/mol. The molecule has 32 heavy (non-hydrogen) atoms. The van der Waals surface area contributed by atoms with E-state index in [4.69, 9.17) is 0 Å². The van der Waals surface area contributed by atoms with Crippen molar-refractivity contribution in [3.05, 3.63) is 60.0 Å². The number of anilines is 2. The van der Waals surface area contributed by atoms with Crippen molar-refractivity contribution in [2.75, 3.05) is 17.3 Å². The molecule has 2 aromatic carbocycles. The van der Waals surface area contributed by atoms with Gasteiger partial charge in [0.2, 0.25) is 11.7 Å². The summed E-state index contributed by atoms with van der Waals surface area (Å²) in [5.74, 6) is -1.92. The highest BCUT2D eigenvalue weighted by Gasteiger charge is 2.39. The number of rotatable bonds is 6. The van der Waals surface area contributed by atoms with Crippen molar-refractivity contribution < 1.29 is 27.3 Å². The average Bonchev–Trinajstić information content (AvgIpc) is 3.41. The van der Waals surface area contributed by atoms with Gasteiger partial charge in [-0.3, -0.25) is 9.59 Å². The Hall–Kier alpha value is -3.69. The number of halogens is 3. The SMILES string of the molecule is CNc1ccccc1CC(=O)[C@@H]1CCC(=O)N1c1ccc(-c2noc(C(F)(F)F)n2)cc1. The summed E-state index contributed by atoms with van der Waals surface area (Å²) in [7, 11) is 1.78. The van der Waals surface area contributed by atoms with Gasteiger partial charge in [-0.2, -0.15) is 18.2 Å². The van der Waals surface area contributed by atoms with Gasteiger partial charge in [-0.15, -0.1) is 0 Å². The Morgan fingerprint density at radius 3 is 2.56 bits per heavy atom. The number of benzene rings is 2. The molecule has 2 heterocycles. The van der Waals surface area contributed by atoms with Gasteiger partial charge in [-0.25, -0.2) is 0 Å². The molecule has 1 fully saturated rings. The molecule has 0 spiro atoms. The molecule has 0 bridgehead atoms. The minimum absolute atomic E-state index is 0.0874. The molecule has 7 nitrogen and oxygen atoms in total. The van der Waals surface area contributed by atoms with E-state index >= 15 is 0 Å². The van der Waals surface area contributed by atoms with Crippen LogP contribution in [0.25, 0.3) is 11.4 Å². The first-order valence-corrected chi connectivity index (χ1v) is 9.89. The maximum absolute atomic E-state index is 13.0. The van der Waals surface area contributed by atoms with Crippen molar-refractivity contribution >= 4 is 23.1 Å². The molecule has 1 N–H and O–H groups in total. The monoisotopic (exact) mass is 444 g/mol. The van der Waals surface area contributed by atoms with Crippen LogP contribution >= 0.6 is 0 Å². The molecule has 0 saturated carbocycles. The average molecular weight is 444 g/mol. The Morgan fingerprint density at radius 1 is 1.19 bits per heavy atom. The van der Waals surface area contributed by atoms with E-state index < -0.39 is 18.1 Å². The van der Waals surface area contributed by atoms with Crippen LogP contribution < -0.4 is 10.2 Å². The molecule has 1 saturated heterocycles. The minimum atomic E-state index is -4.73. The van der Waals surface area contributed by atoms with Crippen molar-refractivity contribution in [2.45, 2.75) is 31.5 Å². The molecule has 3 aromatic rings. The Balaban J connectivity index is 1.54. The highest BCUT2D eigenvalue weighted by molar-refractivity contribution is 6.05. The predicted octanol–water partition coefficient (Wildman–Crippen LogP) is 4.10. The van der Waals surface area contributed by atoms with Crippen molar-refractivity contribution in [1.29, 1.82) is 0 Å². The van der Waals surface area contributed by atoms with Gasteiger partial charge in [0.25, 0.3) is 0 Å². The minimum Gasteiger partial charge on any atom is -0.388 e. The zero-order chi connectivity index (χ0) is 22.9. The number of alkyl halides is 3. The molecule has 1 atom stereocenters. The summed E-state index contributed by atoms with van der Waals surface area (Å²) in [6, 6.07) is 12.9. The van der Waals surface area contributed by atoms with Crippen LogP contribution in [0.5, 0.6) is 0 Å². The van der Waals surface area contributed by atoms with E-state index in [0.717, 1.165) is 11.3 Å². The highest BCUT2D eigenvalue weighted by Crippen LogP contribution is 2.32. The zero-order valence-corrected chi connectivity index (χ0v) is 17.0. The molecule has 10 heteroatoms. The number of hydrogen-bond acceptors (Lipinski definition) is 6. The lowest BCUT2D eigenvalue weighted by molar-refractivity contribution is -0.159. The van der Waals surface area contributed by atoms with E-state index in [1.54, 1.807) is 19.2 Å². The lowest BCUT2D eigenvalue weighted by Gasteiger charge is -2.24. The smallest absolute Gasteiger partial charge is 0.388 e. The van der Waals surface area contributed by atoms with Crippen molar-refractivity contribution in [3.63, 3.8) is 0 Å². The molecule has 1 aliphatic heterocycles. The van der Waals surface area contributed by atoms with Gasteiger partial charge in [0, 0.05) is 36.8 Å². The summed E-state index contributed by atoms with van der Waals surface area (Å²) in [5.41, 5.74) is 2.47. The van der Waals surface area contributed by atoms with Gasteiger partial charge in [0.1, 0.15) is 0 Å². The van der Waals surface area contributed by atoms with Gasteiger partial charge in [-0.1, -0.05) is 23.4 Å². The number of ketones is 1. The number of amides is 1. The maximum Gasteiger partial charge on any atom is 0.471 e. The third kappa shape index (κ3) is 4.20. The first-order chi connectivity index (χ1) is 15.3. The van der Waals surface area contributed by atoms with E-state index in [0.29, 0.717) is 17.7 Å². The van der Waals surface area contributed by atoms with Crippen molar-refractivity contribution in [1.82, 2.24) is 10.1 Å². The number of para-hydroxylation sites is 1. The van der Waals surface area contributed by atoms with E-state index in [1.807, 2.05) is 24.3 Å². The lowest BCUT2D eigenvalue weighted by Crippen LogP contribution is -2.39. The first kappa shape index (κ1) is 21.5. The normalized spacial score (nSPS) is 16.4. The van der Waals surface area contributed by atoms with Gasteiger partial charge >= 0.3 is 12.1 Å². The Labute approximate surface area is 181 Å². The molecule has 0 unspecified atom stereocenters. The summed E-state index contributed by atoms with van der Waals surface area (Å²) in [5, 5.41) is 6.41. The molecule has 4 rings (SSSR count). The second-order valence-corrected chi connectivity index (χ2v) is 7.34. The summed E-state index contributed by atoms with van der Waals surface area (Å²) < 4.78 is 42.3. The molecule has 0 aliphatic carbocycles. The molecular formula is C22H19F3N4O3. The number of hydrogen-bond donors (Lipinski definition) is 1. The van der Waals surface area contributed by atoms with Crippen LogP contribution in [0, 0.1) is 0 Å². The van der Waals surface area contributed by atoms with Crippen LogP contribution in [-0.2, 0) is 22.2 Å². The van der Waals surface area contributed by atoms with E-state index in [1.165, 1.54) is 17.0 Å². The fourth-order valence-electron chi connectivity index (χ4n) is 3.76. The molecule has 1 aliphatic rings. The van der Waals surface area contributed by atoms with Crippen LogP contribution in [0.15, 0.2) is 53.1 Å². The molecule has 1 amide bonds. The number of nitrogens with one attached hydrogen (secondary N) is 1. The van der Waals surface area contributed by atoms with Gasteiger partial charge in [0.05, 0.1) is 6.04 Å². The topological polar surface area (TPSA) is 88.3 Å². The quantitative estimate of drug-likeness (QED) is 0.616. The molecule has 0 radical (unpaired) electrons. The molecule has 166 valence electrons. The van der Waals surface area contributed by atoms with Crippen LogP contribution in [0.2, 0.25) is 0 Å². The van der Waals surface area contributed by atoms with E-state index in [-0.39, 0.29) is 30.4 Å². The largest absolute Gasteiger partial charge is 0.471 e. The summed E-state index contributed by atoms with van der Waals surface area (Å²) >= 11 is 0. The van der Waals surface area contributed by atoms with Crippen LogP contribution in [0.4, 0.5) is 24.5 Å². The summed E-state index contributed by atoms with van der Waals surface area (Å²) in [6.45, 7) is 0. The molecule has 1 aromatic heterocycles. The standard InChI is InChI=1S/C22H19F3N4O3/c1-26-16-5-3-2-4-14(16)12-18(30)17-10-11-19(31)29(17)15-8-6-13(7-9-15)20-27-21(32-28-20)22(23,24)25/h2-9,17,26H,10-12H2,1H3/t17-/m0/s1. The number of aromatic nitrogens is 2. The van der Waals surface area contributed by atoms with E-state index in [2.05, 4.69) is 20.0 Å². The van der Waals surface area contributed by atoms with E-state index in [9.17, 15) is 22.8 Å². The highest BCUT2D eigenvalue weighted by atomic mass is 19.4. The Morgan fingerprint density at radius 2 is 1.91 bits per heavy atom. The number of nitrogens with zero attached hydrogens (tertiary/aromatic N) is 3. The third-order valence-corrected chi connectivity index (χ3v) is 5.31. The zero-order valence-electron chi connectivity index (χ0n) is 17.0. The Kier molecular flexibility index (Phi) is 5.68. The predicted molar refractivity (Wildman–Crippen MR) is 110 cm³/mol. The second-order valence-electron chi connectivity index (χ2n) is 7.34.